The van der Waals surface area contributed by atoms with E-state index in [2.05, 4.69) is 47.5 Å². The van der Waals surface area contributed by atoms with Crippen LogP contribution in [0.2, 0.25) is 0 Å². The Morgan fingerprint density at radius 3 is 2.77 bits per heavy atom. The summed E-state index contributed by atoms with van der Waals surface area (Å²) in [5.74, 6) is 0.801. The van der Waals surface area contributed by atoms with Gasteiger partial charge in [0.05, 0.1) is 6.54 Å². The van der Waals surface area contributed by atoms with Crippen molar-refractivity contribution in [3.63, 3.8) is 0 Å². The quantitative estimate of drug-likeness (QED) is 0.924. The molecule has 2 aromatic heterocycles. The Balaban J connectivity index is 1.68. The van der Waals surface area contributed by atoms with Gasteiger partial charge in [0.25, 0.3) is 0 Å². The van der Waals surface area contributed by atoms with Crippen LogP contribution in [-0.4, -0.2) is 34.7 Å². The third-order valence-corrected chi connectivity index (χ3v) is 6.48. The molecule has 0 saturated carbocycles. The van der Waals surface area contributed by atoms with Crippen molar-refractivity contribution in [1.29, 1.82) is 0 Å². The van der Waals surface area contributed by atoms with Crippen molar-refractivity contribution in [2.45, 2.75) is 38.6 Å². The number of aliphatic hydroxyl groups is 1. The lowest BCUT2D eigenvalue weighted by molar-refractivity contribution is 0.214. The van der Waals surface area contributed by atoms with Crippen molar-refractivity contribution in [2.24, 2.45) is 5.92 Å². The molecule has 0 unspecified atom stereocenters. The number of rotatable bonds is 4. The van der Waals surface area contributed by atoms with Crippen LogP contribution in [0, 0.1) is 5.92 Å². The van der Waals surface area contributed by atoms with E-state index in [9.17, 15) is 5.11 Å². The summed E-state index contributed by atoms with van der Waals surface area (Å²) in [4.78, 5) is 8.38. The van der Waals surface area contributed by atoms with Gasteiger partial charge in [-0.1, -0.05) is 20.8 Å². The predicted octanol–water partition coefficient (Wildman–Crippen LogP) is 3.71. The molecule has 0 radical (unpaired) electrons. The maximum atomic E-state index is 9.69. The van der Waals surface area contributed by atoms with Crippen LogP contribution in [0.4, 0.5) is 0 Å². The number of nitrogens with zero attached hydrogens (tertiary/aromatic N) is 2. The van der Waals surface area contributed by atoms with Crippen molar-refractivity contribution in [1.82, 2.24) is 9.88 Å². The lowest BCUT2D eigenvalue weighted by Gasteiger charge is -2.15. The van der Waals surface area contributed by atoms with E-state index in [4.69, 9.17) is 0 Å². The van der Waals surface area contributed by atoms with Crippen molar-refractivity contribution in [3.05, 3.63) is 38.5 Å². The van der Waals surface area contributed by atoms with Crippen LogP contribution < -0.4 is 0 Å². The zero-order valence-electron chi connectivity index (χ0n) is 13.5. The van der Waals surface area contributed by atoms with Crippen LogP contribution in [0.25, 0.3) is 0 Å². The van der Waals surface area contributed by atoms with E-state index in [0.29, 0.717) is 11.8 Å². The van der Waals surface area contributed by atoms with Gasteiger partial charge in [-0.3, -0.25) is 4.90 Å². The average Bonchev–Trinajstić information content (AvgIpc) is 3.17. The normalized spacial score (nSPS) is 23.3. The molecule has 3 rings (SSSR count). The number of likely N-dealkylation sites (tertiary alicyclic amines) is 1. The van der Waals surface area contributed by atoms with E-state index in [-0.39, 0.29) is 12.0 Å². The topological polar surface area (TPSA) is 36.4 Å². The van der Waals surface area contributed by atoms with Gasteiger partial charge in [0.1, 0.15) is 5.01 Å². The first-order valence-electron chi connectivity index (χ1n) is 7.78. The van der Waals surface area contributed by atoms with Crippen LogP contribution in [0.3, 0.4) is 0 Å². The SMILES string of the molecule is CC(C)(C)c1cnc(CN2C[C@@H](CO)[C@H](c3ccsc3)C2)s1. The summed E-state index contributed by atoms with van der Waals surface area (Å²) < 4.78 is 0. The highest BCUT2D eigenvalue weighted by molar-refractivity contribution is 7.11. The van der Waals surface area contributed by atoms with Gasteiger partial charge in [0, 0.05) is 42.6 Å². The van der Waals surface area contributed by atoms with Crippen LogP contribution >= 0.6 is 22.7 Å². The summed E-state index contributed by atoms with van der Waals surface area (Å²) in [6, 6.07) is 2.20. The highest BCUT2D eigenvalue weighted by Gasteiger charge is 2.34. The Morgan fingerprint density at radius 2 is 2.18 bits per heavy atom. The lowest BCUT2D eigenvalue weighted by atomic mass is 9.92. The highest BCUT2D eigenvalue weighted by Crippen LogP contribution is 2.35. The number of thiophene rings is 1. The minimum absolute atomic E-state index is 0.174. The summed E-state index contributed by atoms with van der Waals surface area (Å²) in [5, 5.41) is 15.2. The number of thiazole rings is 1. The van der Waals surface area contributed by atoms with Crippen molar-refractivity contribution in [3.8, 4) is 0 Å². The molecule has 0 bridgehead atoms. The minimum Gasteiger partial charge on any atom is -0.396 e. The Hall–Kier alpha value is -0.750. The Kier molecular flexibility index (Phi) is 4.69. The molecular weight excluding hydrogens is 312 g/mol. The number of aromatic nitrogens is 1. The molecule has 1 N–H and O–H groups in total. The molecule has 0 aliphatic carbocycles. The first-order chi connectivity index (χ1) is 10.5. The molecule has 2 atom stereocenters. The molecular formula is C17H24N2OS2. The minimum atomic E-state index is 0.174. The zero-order chi connectivity index (χ0) is 15.7. The molecule has 0 amide bonds. The fourth-order valence-corrected chi connectivity index (χ4v) is 4.80. The first-order valence-corrected chi connectivity index (χ1v) is 9.54. The molecule has 1 fully saturated rings. The van der Waals surface area contributed by atoms with Gasteiger partial charge >= 0.3 is 0 Å². The molecule has 0 aromatic carbocycles. The summed E-state index contributed by atoms with van der Waals surface area (Å²) in [7, 11) is 0. The second-order valence-electron chi connectivity index (χ2n) is 7.17. The van der Waals surface area contributed by atoms with Gasteiger partial charge in [-0.25, -0.2) is 4.98 Å². The Morgan fingerprint density at radius 1 is 1.36 bits per heavy atom. The Labute approximate surface area is 140 Å². The predicted molar refractivity (Wildman–Crippen MR) is 93.7 cm³/mol. The molecule has 120 valence electrons. The summed E-state index contributed by atoms with van der Waals surface area (Å²) in [6.07, 6.45) is 2.02. The van der Waals surface area contributed by atoms with Gasteiger partial charge < -0.3 is 5.11 Å². The molecule has 1 aliphatic rings. The van der Waals surface area contributed by atoms with E-state index in [1.54, 1.807) is 11.3 Å². The molecule has 22 heavy (non-hydrogen) atoms. The molecule has 1 saturated heterocycles. The van der Waals surface area contributed by atoms with Crippen LogP contribution in [0.5, 0.6) is 0 Å². The van der Waals surface area contributed by atoms with E-state index in [0.717, 1.165) is 19.6 Å². The average molecular weight is 337 g/mol. The molecule has 3 nitrogen and oxygen atoms in total. The summed E-state index contributed by atoms with van der Waals surface area (Å²) in [6.45, 7) is 9.84. The molecule has 5 heteroatoms. The monoisotopic (exact) mass is 336 g/mol. The second-order valence-corrected chi connectivity index (χ2v) is 9.06. The van der Waals surface area contributed by atoms with Gasteiger partial charge in [-0.15, -0.1) is 11.3 Å². The largest absolute Gasteiger partial charge is 0.396 e. The molecule has 0 spiro atoms. The fraction of sp³-hybridized carbons (Fsp3) is 0.588. The molecule has 3 heterocycles. The maximum Gasteiger partial charge on any atom is 0.107 e. The van der Waals surface area contributed by atoms with E-state index in [1.807, 2.05) is 17.5 Å². The third-order valence-electron chi connectivity index (χ3n) is 4.37. The van der Waals surface area contributed by atoms with E-state index < -0.39 is 0 Å². The number of aliphatic hydroxyl groups excluding tert-OH is 1. The standard InChI is InChI=1S/C17H24N2OS2/c1-17(2,3)15-6-18-16(22-15)9-19-7-13(10-20)14(8-19)12-4-5-21-11-12/h4-6,11,13-14,20H,7-10H2,1-3H3/t13-,14-/m0/s1. The van der Waals surface area contributed by atoms with Crippen LogP contribution in [-0.2, 0) is 12.0 Å². The zero-order valence-corrected chi connectivity index (χ0v) is 15.1. The Bertz CT molecular complexity index is 600. The van der Waals surface area contributed by atoms with E-state index in [1.165, 1.54) is 15.4 Å². The van der Waals surface area contributed by atoms with Crippen molar-refractivity contribution in [2.75, 3.05) is 19.7 Å². The van der Waals surface area contributed by atoms with Gasteiger partial charge in [0.15, 0.2) is 0 Å². The van der Waals surface area contributed by atoms with Crippen LogP contribution in [0.15, 0.2) is 23.0 Å². The van der Waals surface area contributed by atoms with E-state index >= 15 is 0 Å². The lowest BCUT2D eigenvalue weighted by Crippen LogP contribution is -2.20. The molecule has 2 aromatic rings. The highest BCUT2D eigenvalue weighted by atomic mass is 32.1. The smallest absolute Gasteiger partial charge is 0.107 e. The molecule has 1 aliphatic heterocycles. The summed E-state index contributed by atoms with van der Waals surface area (Å²) in [5.41, 5.74) is 1.55. The van der Waals surface area contributed by atoms with Gasteiger partial charge in [-0.05, 0) is 27.8 Å². The van der Waals surface area contributed by atoms with Gasteiger partial charge in [0.2, 0.25) is 0 Å². The van der Waals surface area contributed by atoms with Crippen molar-refractivity contribution < 1.29 is 5.11 Å². The maximum absolute atomic E-state index is 9.69. The van der Waals surface area contributed by atoms with Gasteiger partial charge in [-0.2, -0.15) is 11.3 Å². The second kappa shape index (κ2) is 6.40. The summed E-state index contributed by atoms with van der Waals surface area (Å²) >= 11 is 3.56. The van der Waals surface area contributed by atoms with Crippen LogP contribution in [0.1, 0.15) is 42.1 Å². The first kappa shape index (κ1) is 16.1. The number of hydrogen-bond donors (Lipinski definition) is 1. The van der Waals surface area contributed by atoms with Crippen molar-refractivity contribution >= 4 is 22.7 Å². The number of hydrogen-bond acceptors (Lipinski definition) is 5. The third kappa shape index (κ3) is 3.43. The fourth-order valence-electron chi connectivity index (χ4n) is 3.06.